The zero-order chi connectivity index (χ0) is 13.4. The lowest BCUT2D eigenvalue weighted by Crippen LogP contribution is -2.44. The molecule has 0 amide bonds. The molecule has 1 saturated carbocycles. The van der Waals surface area contributed by atoms with Crippen molar-refractivity contribution in [3.05, 3.63) is 36.1 Å². The van der Waals surface area contributed by atoms with Crippen LogP contribution in [0.2, 0.25) is 0 Å². The Bertz CT molecular complexity index is 598. The van der Waals surface area contributed by atoms with Gasteiger partial charge in [-0.3, -0.25) is 9.69 Å². The highest BCUT2D eigenvalue weighted by molar-refractivity contribution is 5.80. The third kappa shape index (κ3) is 2.24. The molecule has 1 aliphatic carbocycles. The van der Waals surface area contributed by atoms with Crippen LogP contribution in [0, 0.1) is 5.92 Å². The summed E-state index contributed by atoms with van der Waals surface area (Å²) in [7, 11) is 2.05. The summed E-state index contributed by atoms with van der Waals surface area (Å²) in [6, 6.07) is 8.36. The molecular formula is C15H17NO3. The third-order valence-electron chi connectivity index (χ3n) is 4.07. The van der Waals surface area contributed by atoms with Crippen molar-refractivity contribution in [3.8, 4) is 0 Å². The van der Waals surface area contributed by atoms with Crippen LogP contribution in [0.15, 0.2) is 34.9 Å². The maximum Gasteiger partial charge on any atom is 0.306 e. The first kappa shape index (κ1) is 12.2. The first-order valence-electron chi connectivity index (χ1n) is 6.53. The molecule has 4 heteroatoms. The predicted molar refractivity (Wildman–Crippen MR) is 71.8 cm³/mol. The molecule has 1 aliphatic rings. The second kappa shape index (κ2) is 4.70. The van der Waals surface area contributed by atoms with Gasteiger partial charge in [-0.2, -0.15) is 0 Å². The van der Waals surface area contributed by atoms with Crippen molar-refractivity contribution < 1.29 is 14.3 Å². The summed E-state index contributed by atoms with van der Waals surface area (Å²) in [5.41, 5.74) is 2.07. The van der Waals surface area contributed by atoms with Gasteiger partial charge in [-0.1, -0.05) is 18.2 Å². The fourth-order valence-corrected chi connectivity index (χ4v) is 2.70. The Morgan fingerprint density at radius 2 is 2.16 bits per heavy atom. The molecule has 0 unspecified atom stereocenters. The number of furan rings is 1. The number of aliphatic carboxylic acids is 1. The van der Waals surface area contributed by atoms with Crippen molar-refractivity contribution in [3.63, 3.8) is 0 Å². The van der Waals surface area contributed by atoms with E-state index < -0.39 is 5.97 Å². The van der Waals surface area contributed by atoms with Gasteiger partial charge in [0, 0.05) is 23.5 Å². The van der Waals surface area contributed by atoms with E-state index in [4.69, 9.17) is 9.52 Å². The van der Waals surface area contributed by atoms with Crippen molar-refractivity contribution >= 4 is 16.9 Å². The van der Waals surface area contributed by atoms with E-state index in [1.54, 1.807) is 6.26 Å². The summed E-state index contributed by atoms with van der Waals surface area (Å²) in [5.74, 6) is -0.827. The van der Waals surface area contributed by atoms with Crippen LogP contribution in [0.3, 0.4) is 0 Å². The Labute approximate surface area is 111 Å². The number of nitrogens with zero attached hydrogens (tertiary/aromatic N) is 1. The fraction of sp³-hybridized carbons (Fsp3) is 0.400. The Balaban J connectivity index is 1.67. The fourth-order valence-electron chi connectivity index (χ4n) is 2.70. The van der Waals surface area contributed by atoms with E-state index in [0.29, 0.717) is 6.04 Å². The van der Waals surface area contributed by atoms with Crippen LogP contribution in [0.1, 0.15) is 18.4 Å². The van der Waals surface area contributed by atoms with Gasteiger partial charge in [-0.05, 0) is 26.0 Å². The highest BCUT2D eigenvalue weighted by atomic mass is 16.4. The molecule has 1 N–H and O–H groups in total. The van der Waals surface area contributed by atoms with Gasteiger partial charge in [-0.15, -0.1) is 0 Å². The quantitative estimate of drug-likeness (QED) is 0.917. The standard InChI is InChI=1S/C15H17NO3/c1-16(12-6-10(7-12)15(17)18)8-11-9-19-14-5-3-2-4-13(11)14/h2-5,9-10,12H,6-8H2,1H3,(H,17,18). The molecule has 0 radical (unpaired) electrons. The maximum absolute atomic E-state index is 10.8. The minimum atomic E-state index is -0.668. The zero-order valence-electron chi connectivity index (χ0n) is 10.9. The van der Waals surface area contributed by atoms with E-state index in [2.05, 4.69) is 11.0 Å². The third-order valence-corrected chi connectivity index (χ3v) is 4.07. The summed E-state index contributed by atoms with van der Waals surface area (Å²) >= 11 is 0. The lowest BCUT2D eigenvalue weighted by Gasteiger charge is -2.39. The summed E-state index contributed by atoms with van der Waals surface area (Å²) < 4.78 is 5.52. The smallest absolute Gasteiger partial charge is 0.306 e. The second-order valence-corrected chi connectivity index (χ2v) is 5.33. The van der Waals surface area contributed by atoms with E-state index in [1.165, 1.54) is 0 Å². The maximum atomic E-state index is 10.8. The van der Waals surface area contributed by atoms with Crippen molar-refractivity contribution in [2.75, 3.05) is 7.05 Å². The van der Waals surface area contributed by atoms with Crippen molar-refractivity contribution in [1.82, 2.24) is 4.90 Å². The van der Waals surface area contributed by atoms with Gasteiger partial charge in [0.05, 0.1) is 12.2 Å². The number of rotatable bonds is 4. The summed E-state index contributed by atoms with van der Waals surface area (Å²) in [4.78, 5) is 13.0. The lowest BCUT2D eigenvalue weighted by molar-refractivity contribution is -0.146. The number of carboxylic acids is 1. The van der Waals surface area contributed by atoms with Gasteiger partial charge in [-0.25, -0.2) is 0 Å². The average Bonchev–Trinajstić information content (AvgIpc) is 2.70. The van der Waals surface area contributed by atoms with Crippen LogP contribution in [-0.4, -0.2) is 29.1 Å². The molecule has 1 aromatic heterocycles. The average molecular weight is 259 g/mol. The number of para-hydroxylation sites is 1. The number of carboxylic acid groups (broad SMARTS) is 1. The molecular weight excluding hydrogens is 242 g/mol. The first-order chi connectivity index (χ1) is 9.15. The van der Waals surface area contributed by atoms with Crippen molar-refractivity contribution in [1.29, 1.82) is 0 Å². The van der Waals surface area contributed by atoms with E-state index in [9.17, 15) is 4.79 Å². The minimum absolute atomic E-state index is 0.159. The highest BCUT2D eigenvalue weighted by Gasteiger charge is 2.36. The van der Waals surface area contributed by atoms with Crippen LogP contribution in [-0.2, 0) is 11.3 Å². The molecule has 0 atom stereocenters. The largest absolute Gasteiger partial charge is 0.481 e. The van der Waals surface area contributed by atoms with Gasteiger partial charge in [0.1, 0.15) is 5.58 Å². The van der Waals surface area contributed by atoms with Crippen LogP contribution >= 0.6 is 0 Å². The molecule has 19 heavy (non-hydrogen) atoms. The number of fused-ring (bicyclic) bond motifs is 1. The Morgan fingerprint density at radius 1 is 1.42 bits per heavy atom. The number of benzene rings is 1. The Kier molecular flexibility index (Phi) is 3.03. The molecule has 100 valence electrons. The molecule has 0 saturated heterocycles. The summed E-state index contributed by atoms with van der Waals surface area (Å²) in [6.07, 6.45) is 3.30. The summed E-state index contributed by atoms with van der Waals surface area (Å²) in [6.45, 7) is 0.800. The molecule has 2 aromatic rings. The highest BCUT2D eigenvalue weighted by Crippen LogP contribution is 2.32. The zero-order valence-corrected chi connectivity index (χ0v) is 10.9. The van der Waals surface area contributed by atoms with Crippen LogP contribution in [0.4, 0.5) is 0 Å². The van der Waals surface area contributed by atoms with E-state index in [-0.39, 0.29) is 5.92 Å². The minimum Gasteiger partial charge on any atom is -0.481 e. The van der Waals surface area contributed by atoms with E-state index in [1.807, 2.05) is 25.2 Å². The first-order valence-corrected chi connectivity index (χ1v) is 6.53. The summed E-state index contributed by atoms with van der Waals surface area (Å²) in [5, 5.41) is 10.0. The van der Waals surface area contributed by atoms with E-state index >= 15 is 0 Å². The normalized spacial score (nSPS) is 22.6. The molecule has 0 aliphatic heterocycles. The van der Waals surface area contributed by atoms with Gasteiger partial charge >= 0.3 is 5.97 Å². The predicted octanol–water partition coefficient (Wildman–Crippen LogP) is 2.73. The molecule has 0 bridgehead atoms. The monoisotopic (exact) mass is 259 g/mol. The molecule has 3 rings (SSSR count). The molecule has 0 spiro atoms. The van der Waals surface area contributed by atoms with Crippen LogP contribution < -0.4 is 0 Å². The SMILES string of the molecule is CN(Cc1coc2ccccc12)C1CC(C(=O)O)C1. The molecule has 4 nitrogen and oxygen atoms in total. The van der Waals surface area contributed by atoms with Gasteiger partial charge in [0.2, 0.25) is 0 Å². The molecule has 1 heterocycles. The topological polar surface area (TPSA) is 53.7 Å². The number of carbonyl (C=O) groups is 1. The van der Waals surface area contributed by atoms with Crippen molar-refractivity contribution in [2.45, 2.75) is 25.4 Å². The molecule has 1 fully saturated rings. The van der Waals surface area contributed by atoms with Gasteiger partial charge in [0.15, 0.2) is 0 Å². The molecule has 1 aromatic carbocycles. The van der Waals surface area contributed by atoms with Crippen LogP contribution in [0.25, 0.3) is 11.0 Å². The van der Waals surface area contributed by atoms with Crippen LogP contribution in [0.5, 0.6) is 0 Å². The van der Waals surface area contributed by atoms with Gasteiger partial charge in [0.25, 0.3) is 0 Å². The number of hydrogen-bond donors (Lipinski definition) is 1. The van der Waals surface area contributed by atoms with Gasteiger partial charge < -0.3 is 9.52 Å². The van der Waals surface area contributed by atoms with Crippen molar-refractivity contribution in [2.24, 2.45) is 5.92 Å². The Morgan fingerprint density at radius 3 is 2.89 bits per heavy atom. The number of hydrogen-bond acceptors (Lipinski definition) is 3. The Hall–Kier alpha value is -1.81. The van der Waals surface area contributed by atoms with E-state index in [0.717, 1.165) is 35.9 Å². The second-order valence-electron chi connectivity index (χ2n) is 5.33. The lowest BCUT2D eigenvalue weighted by atomic mass is 9.79.